The number of morpholine rings is 1. The molecule has 3 aromatic heterocycles. The molecule has 0 spiro atoms. The van der Waals surface area contributed by atoms with Crippen LogP contribution in [0.4, 0.5) is 5.95 Å². The molecule has 0 aliphatic carbocycles. The third kappa shape index (κ3) is 3.90. The number of hydrogen-bond acceptors (Lipinski definition) is 6. The Morgan fingerprint density at radius 3 is 2.58 bits per heavy atom. The molecule has 1 atom stereocenters. The van der Waals surface area contributed by atoms with Gasteiger partial charge in [0.1, 0.15) is 5.69 Å². The Morgan fingerprint density at radius 2 is 1.88 bits per heavy atom. The van der Waals surface area contributed by atoms with Crippen molar-refractivity contribution in [3.05, 3.63) is 64.3 Å². The molecule has 4 heterocycles. The number of hydrogen-bond donors (Lipinski definition) is 2. The average Bonchev–Trinajstić information content (AvgIpc) is 3.11. The van der Waals surface area contributed by atoms with Gasteiger partial charge < -0.3 is 10.5 Å². The zero-order chi connectivity index (χ0) is 23.1. The summed E-state index contributed by atoms with van der Waals surface area (Å²) in [5, 5.41) is 3.33. The van der Waals surface area contributed by atoms with E-state index in [1.165, 1.54) is 4.40 Å². The van der Waals surface area contributed by atoms with Crippen LogP contribution < -0.4 is 15.8 Å². The van der Waals surface area contributed by atoms with E-state index < -0.39 is 0 Å². The van der Waals surface area contributed by atoms with Gasteiger partial charge in [-0.15, -0.1) is 9.38 Å². The molecule has 1 saturated heterocycles. The van der Waals surface area contributed by atoms with Gasteiger partial charge in [-0.05, 0) is 38.6 Å². The fourth-order valence-corrected chi connectivity index (χ4v) is 4.48. The predicted octanol–water partition coefficient (Wildman–Crippen LogP) is 1.57. The van der Waals surface area contributed by atoms with Crippen LogP contribution in [0, 0.1) is 13.8 Å². The summed E-state index contributed by atoms with van der Waals surface area (Å²) >= 11 is 0. The number of benzene rings is 1. The maximum atomic E-state index is 13.4. The van der Waals surface area contributed by atoms with E-state index >= 15 is 0 Å². The van der Waals surface area contributed by atoms with Crippen LogP contribution >= 0.6 is 0 Å². The molecule has 1 fully saturated rings. The van der Waals surface area contributed by atoms with Gasteiger partial charge in [0.25, 0.3) is 0 Å². The zero-order valence-electron chi connectivity index (χ0n) is 19.1. The molecule has 170 valence electrons. The first-order valence-electron chi connectivity index (χ1n) is 11.1. The van der Waals surface area contributed by atoms with Gasteiger partial charge in [0.15, 0.2) is 0 Å². The highest BCUT2D eigenvalue weighted by Gasteiger charge is 2.28. The van der Waals surface area contributed by atoms with Crippen molar-refractivity contribution in [3.63, 3.8) is 0 Å². The summed E-state index contributed by atoms with van der Waals surface area (Å²) in [7, 11) is 2.05. The van der Waals surface area contributed by atoms with E-state index in [2.05, 4.69) is 15.0 Å². The topological polar surface area (TPSA) is 106 Å². The molecule has 0 bridgehead atoms. The van der Waals surface area contributed by atoms with Gasteiger partial charge in [0.05, 0.1) is 31.4 Å². The zero-order valence-corrected chi connectivity index (χ0v) is 19.1. The van der Waals surface area contributed by atoms with Crippen LogP contribution in [0.3, 0.4) is 0 Å². The smallest absolute Gasteiger partial charge is 0.378 e. The number of nitrogens with zero attached hydrogens (tertiary/aromatic N) is 5. The highest BCUT2D eigenvalue weighted by molar-refractivity contribution is 5.88. The number of likely N-dealkylation sites (N-methyl/N-ethyl adjacent to an activating group) is 1. The van der Waals surface area contributed by atoms with Gasteiger partial charge in [-0.3, -0.25) is 9.88 Å². The maximum absolute atomic E-state index is 13.4. The molecule has 4 aromatic rings. The van der Waals surface area contributed by atoms with Gasteiger partial charge >= 0.3 is 11.6 Å². The first kappa shape index (κ1) is 21.3. The molecule has 0 amide bonds. The number of rotatable bonds is 4. The maximum Gasteiger partial charge on any atom is 0.428 e. The summed E-state index contributed by atoms with van der Waals surface area (Å²) in [6.45, 7) is 6.48. The van der Waals surface area contributed by atoms with Crippen LogP contribution in [0.1, 0.15) is 11.4 Å². The minimum Gasteiger partial charge on any atom is -0.378 e. The van der Waals surface area contributed by atoms with E-state index in [1.807, 2.05) is 63.4 Å². The number of H-pyrrole nitrogens is 1. The number of nitrogens with two attached hydrogens (primary N) is 1. The van der Waals surface area contributed by atoms with Crippen LogP contribution in [0.25, 0.3) is 28.0 Å². The molecule has 1 aliphatic rings. The van der Waals surface area contributed by atoms with Crippen molar-refractivity contribution in [2.45, 2.75) is 26.4 Å². The standard InChI is InChI=1S/C24H27N7O2/c1-15-11-18(12-16(2)26-15)20-21(17-7-5-4-6-8-17)27-23(25)31-22(20)28-30(24(31)32)13-19-14-33-10-9-29(19)3/h4-8,11-12,19H,9-10,13-14H2,1-3H3,(H2,25,26,27,28)/p+1/t19-/m1/s1. The average molecular weight is 447 g/mol. The molecular weight excluding hydrogens is 418 g/mol. The molecule has 33 heavy (non-hydrogen) atoms. The van der Waals surface area contributed by atoms with Crippen molar-refractivity contribution in [1.82, 2.24) is 24.6 Å². The Hall–Kier alpha value is -3.56. The summed E-state index contributed by atoms with van der Waals surface area (Å²) in [4.78, 5) is 24.8. The summed E-state index contributed by atoms with van der Waals surface area (Å²) < 4.78 is 8.69. The number of ether oxygens (including phenoxy) is 1. The first-order chi connectivity index (χ1) is 15.9. The number of nitrogens with one attached hydrogen (secondary N) is 1. The van der Waals surface area contributed by atoms with Crippen LogP contribution in [-0.2, 0) is 11.3 Å². The fraction of sp³-hybridized carbons (Fsp3) is 0.333. The minimum atomic E-state index is -0.252. The fourth-order valence-electron chi connectivity index (χ4n) is 4.48. The SMILES string of the molecule is Cc1cc(-c2c(-c3ccccc3)nc(N)[n+]3c(=O)n(C[C@@H]4COCCN4C)[nH]c23)cc(C)n1. The van der Waals surface area contributed by atoms with E-state index in [9.17, 15) is 4.79 Å². The predicted molar refractivity (Wildman–Crippen MR) is 126 cm³/mol. The second-order valence-electron chi connectivity index (χ2n) is 8.60. The van der Waals surface area contributed by atoms with Gasteiger partial charge in [-0.25, -0.2) is 9.89 Å². The van der Waals surface area contributed by atoms with Crippen molar-refractivity contribution in [3.8, 4) is 22.4 Å². The number of pyridine rings is 1. The highest BCUT2D eigenvalue weighted by Crippen LogP contribution is 2.33. The second kappa shape index (κ2) is 8.42. The Bertz CT molecular complexity index is 1360. The minimum absolute atomic E-state index is 0.0850. The van der Waals surface area contributed by atoms with Crippen LogP contribution in [0.2, 0.25) is 0 Å². The van der Waals surface area contributed by atoms with E-state index in [1.54, 1.807) is 4.68 Å². The summed E-state index contributed by atoms with van der Waals surface area (Å²) in [6.07, 6.45) is 0. The summed E-state index contributed by atoms with van der Waals surface area (Å²) in [6, 6.07) is 14.0. The van der Waals surface area contributed by atoms with E-state index in [0.717, 1.165) is 34.6 Å². The third-order valence-corrected chi connectivity index (χ3v) is 6.15. The van der Waals surface area contributed by atoms with Crippen molar-refractivity contribution < 1.29 is 9.14 Å². The molecule has 5 rings (SSSR count). The van der Waals surface area contributed by atoms with Gasteiger partial charge in [0.2, 0.25) is 5.65 Å². The second-order valence-corrected chi connectivity index (χ2v) is 8.60. The van der Waals surface area contributed by atoms with E-state index in [-0.39, 0.29) is 17.7 Å². The number of aromatic amines is 1. The van der Waals surface area contributed by atoms with Crippen molar-refractivity contribution in [2.75, 3.05) is 32.5 Å². The molecule has 3 N–H and O–H groups in total. The molecule has 9 heteroatoms. The number of aryl methyl sites for hydroxylation is 2. The third-order valence-electron chi connectivity index (χ3n) is 6.15. The van der Waals surface area contributed by atoms with Crippen LogP contribution in [-0.4, -0.2) is 57.5 Å². The Morgan fingerprint density at radius 1 is 1.15 bits per heavy atom. The lowest BCUT2D eigenvalue weighted by Gasteiger charge is -2.31. The normalized spacial score (nSPS) is 17.0. The first-order valence-corrected chi connectivity index (χ1v) is 11.1. The van der Waals surface area contributed by atoms with Crippen molar-refractivity contribution >= 4 is 11.6 Å². The molecule has 9 nitrogen and oxygen atoms in total. The molecular formula is C24H28N7O2+. The van der Waals surface area contributed by atoms with Crippen LogP contribution in [0.5, 0.6) is 0 Å². The van der Waals surface area contributed by atoms with Crippen molar-refractivity contribution in [1.29, 1.82) is 0 Å². The quantitative estimate of drug-likeness (QED) is 0.461. The molecule has 0 unspecified atom stereocenters. The lowest BCUT2D eigenvalue weighted by Crippen LogP contribution is -2.49. The van der Waals surface area contributed by atoms with E-state index in [0.29, 0.717) is 31.1 Å². The Labute approximate surface area is 191 Å². The van der Waals surface area contributed by atoms with Crippen molar-refractivity contribution in [2.24, 2.45) is 0 Å². The number of anilines is 1. The molecule has 0 radical (unpaired) electrons. The molecule has 1 aromatic carbocycles. The van der Waals surface area contributed by atoms with Gasteiger partial charge in [0, 0.05) is 23.5 Å². The van der Waals surface area contributed by atoms with Gasteiger partial charge in [-0.2, -0.15) is 4.68 Å². The van der Waals surface area contributed by atoms with Crippen LogP contribution in [0.15, 0.2) is 47.3 Å². The number of aromatic nitrogens is 5. The summed E-state index contributed by atoms with van der Waals surface area (Å²) in [5.41, 5.74) is 11.9. The summed E-state index contributed by atoms with van der Waals surface area (Å²) in [5.74, 6) is 0.142. The van der Waals surface area contributed by atoms with E-state index in [4.69, 9.17) is 15.5 Å². The number of fused-ring (bicyclic) bond motifs is 1. The molecule has 1 aliphatic heterocycles. The van der Waals surface area contributed by atoms with Gasteiger partial charge in [-0.1, -0.05) is 30.3 Å². The molecule has 0 saturated carbocycles. The monoisotopic (exact) mass is 446 g/mol. The lowest BCUT2D eigenvalue weighted by atomic mass is 9.99. The Kier molecular flexibility index (Phi) is 5.43. The Balaban J connectivity index is 1.77. The number of nitrogen functional groups attached to an aromatic ring is 1. The largest absolute Gasteiger partial charge is 0.428 e. The lowest BCUT2D eigenvalue weighted by molar-refractivity contribution is -0.516. The highest BCUT2D eigenvalue weighted by atomic mass is 16.5.